The van der Waals surface area contributed by atoms with Gasteiger partial charge in [0, 0.05) is 13.6 Å². The van der Waals surface area contributed by atoms with Crippen LogP contribution in [0.2, 0.25) is 0 Å². The molecule has 0 spiro atoms. The first-order chi connectivity index (χ1) is 9.47. The lowest BCUT2D eigenvalue weighted by Gasteiger charge is -2.62. The van der Waals surface area contributed by atoms with Gasteiger partial charge in [0.1, 0.15) is 0 Å². The average Bonchev–Trinajstić information content (AvgIpc) is 2.65. The predicted molar refractivity (Wildman–Crippen MR) is 73.0 cm³/mol. The van der Waals surface area contributed by atoms with Gasteiger partial charge in [0.15, 0.2) is 0 Å². The Hall–Kier alpha value is -0.810. The molecular formula is C15H24N2O3. The third-order valence-corrected chi connectivity index (χ3v) is 6.65. The molecule has 5 aliphatic rings. The summed E-state index contributed by atoms with van der Waals surface area (Å²) in [4.78, 5) is 13.6. The van der Waals surface area contributed by atoms with Gasteiger partial charge in [-0.3, -0.25) is 0 Å². The molecule has 20 heavy (non-hydrogen) atoms. The number of amides is 2. The summed E-state index contributed by atoms with van der Waals surface area (Å²) in [5, 5.41) is 23.6. The zero-order chi connectivity index (χ0) is 14.1. The van der Waals surface area contributed by atoms with Crippen LogP contribution in [0.4, 0.5) is 4.79 Å². The molecule has 0 aromatic rings. The summed E-state index contributed by atoms with van der Waals surface area (Å²) < 4.78 is 0. The number of nitrogens with one attached hydrogen (secondary N) is 1. The molecule has 1 aliphatic heterocycles. The molecule has 3 unspecified atom stereocenters. The van der Waals surface area contributed by atoms with Gasteiger partial charge in [0.25, 0.3) is 0 Å². The number of hydrogen-bond acceptors (Lipinski definition) is 3. The molecular weight excluding hydrogens is 256 g/mol. The molecule has 5 fully saturated rings. The molecule has 0 aromatic heterocycles. The van der Waals surface area contributed by atoms with Gasteiger partial charge in [0.2, 0.25) is 0 Å². The van der Waals surface area contributed by atoms with E-state index in [2.05, 4.69) is 5.32 Å². The van der Waals surface area contributed by atoms with E-state index in [0.29, 0.717) is 30.2 Å². The average molecular weight is 280 g/mol. The summed E-state index contributed by atoms with van der Waals surface area (Å²) in [6.45, 7) is 0.558. The molecule has 1 saturated heterocycles. The summed E-state index contributed by atoms with van der Waals surface area (Å²) in [6, 6.07) is -0.0773. The van der Waals surface area contributed by atoms with Crippen LogP contribution in [0.25, 0.3) is 0 Å². The van der Waals surface area contributed by atoms with Crippen molar-refractivity contribution >= 4 is 6.03 Å². The molecule has 4 saturated carbocycles. The van der Waals surface area contributed by atoms with Crippen LogP contribution in [-0.2, 0) is 0 Å². The molecule has 4 bridgehead atoms. The maximum atomic E-state index is 11.9. The van der Waals surface area contributed by atoms with Crippen LogP contribution in [0, 0.1) is 23.7 Å². The van der Waals surface area contributed by atoms with Gasteiger partial charge in [-0.15, -0.1) is 0 Å². The lowest BCUT2D eigenvalue weighted by atomic mass is 9.46. The smallest absolute Gasteiger partial charge is 0.317 e. The second-order valence-corrected chi connectivity index (χ2v) is 7.70. The topological polar surface area (TPSA) is 72.8 Å². The van der Waals surface area contributed by atoms with Gasteiger partial charge in [-0.25, -0.2) is 4.79 Å². The first-order valence-electron chi connectivity index (χ1n) is 7.82. The maximum absolute atomic E-state index is 11.9. The van der Waals surface area contributed by atoms with E-state index in [9.17, 15) is 15.0 Å². The van der Waals surface area contributed by atoms with Crippen molar-refractivity contribution in [3.8, 4) is 0 Å². The SMILES string of the molecule is CN1C(=O)NCC1(CO)C1C2CC3CC1CC(O)(C3)C2. The van der Waals surface area contributed by atoms with E-state index in [0.717, 1.165) is 32.1 Å². The molecule has 1 heterocycles. The summed E-state index contributed by atoms with van der Waals surface area (Å²) in [5.74, 6) is 1.88. The van der Waals surface area contributed by atoms with Gasteiger partial charge in [-0.2, -0.15) is 0 Å². The van der Waals surface area contributed by atoms with Crippen molar-refractivity contribution in [1.82, 2.24) is 10.2 Å². The molecule has 112 valence electrons. The summed E-state index contributed by atoms with van der Waals surface area (Å²) in [7, 11) is 1.80. The molecule has 5 nitrogen and oxygen atoms in total. The number of nitrogens with zero attached hydrogens (tertiary/aromatic N) is 1. The first-order valence-corrected chi connectivity index (χ1v) is 7.82. The Morgan fingerprint density at radius 2 is 1.95 bits per heavy atom. The van der Waals surface area contributed by atoms with E-state index in [1.54, 1.807) is 11.9 Å². The van der Waals surface area contributed by atoms with Crippen LogP contribution in [0.15, 0.2) is 0 Å². The highest BCUT2D eigenvalue weighted by Crippen LogP contribution is 2.61. The molecule has 5 rings (SSSR count). The fourth-order valence-corrected chi connectivity index (χ4v) is 6.14. The summed E-state index contributed by atoms with van der Waals surface area (Å²) in [5.41, 5.74) is -0.922. The van der Waals surface area contributed by atoms with Crippen LogP contribution >= 0.6 is 0 Å². The maximum Gasteiger partial charge on any atom is 0.317 e. The number of urea groups is 1. The minimum atomic E-state index is -0.462. The highest BCUT2D eigenvalue weighted by atomic mass is 16.3. The first kappa shape index (κ1) is 12.9. The minimum Gasteiger partial charge on any atom is -0.394 e. The lowest BCUT2D eigenvalue weighted by molar-refractivity contribution is -0.179. The van der Waals surface area contributed by atoms with Crippen LogP contribution in [0.3, 0.4) is 0 Å². The number of likely N-dealkylation sites (N-methyl/N-ethyl adjacent to an activating group) is 1. The van der Waals surface area contributed by atoms with Crippen molar-refractivity contribution < 1.29 is 15.0 Å². The molecule has 0 radical (unpaired) electrons. The Bertz CT molecular complexity index is 438. The van der Waals surface area contributed by atoms with Gasteiger partial charge in [-0.1, -0.05) is 0 Å². The summed E-state index contributed by atoms with van der Waals surface area (Å²) in [6.07, 6.45) is 5.00. The largest absolute Gasteiger partial charge is 0.394 e. The Morgan fingerprint density at radius 1 is 1.30 bits per heavy atom. The Balaban J connectivity index is 1.70. The molecule has 2 amide bonds. The predicted octanol–water partition coefficient (Wildman–Crippen LogP) is 0.560. The standard InChI is InChI=1S/C15H24N2O3/c1-17-13(19)16-7-15(17,8-18)12-10-2-9-3-11(12)6-14(20,4-9)5-10/h9-12,18,20H,2-8H2,1H3,(H,16,19). The summed E-state index contributed by atoms with van der Waals surface area (Å²) >= 11 is 0. The van der Waals surface area contributed by atoms with E-state index in [1.807, 2.05) is 0 Å². The van der Waals surface area contributed by atoms with E-state index >= 15 is 0 Å². The van der Waals surface area contributed by atoms with Crippen molar-refractivity contribution in [1.29, 1.82) is 0 Å². The lowest BCUT2D eigenvalue weighted by Crippen LogP contribution is -2.65. The quantitative estimate of drug-likeness (QED) is 0.692. The normalized spacial score (nSPS) is 53.5. The van der Waals surface area contributed by atoms with Gasteiger partial charge < -0.3 is 20.4 Å². The van der Waals surface area contributed by atoms with Gasteiger partial charge in [-0.05, 0) is 55.8 Å². The zero-order valence-electron chi connectivity index (χ0n) is 12.0. The molecule has 3 N–H and O–H groups in total. The highest BCUT2D eigenvalue weighted by molar-refractivity contribution is 5.77. The van der Waals surface area contributed by atoms with Crippen molar-refractivity contribution in [2.45, 2.75) is 43.2 Å². The van der Waals surface area contributed by atoms with Crippen LogP contribution in [-0.4, -0.2) is 52.5 Å². The van der Waals surface area contributed by atoms with Gasteiger partial charge >= 0.3 is 6.03 Å². The third-order valence-electron chi connectivity index (χ3n) is 6.65. The zero-order valence-corrected chi connectivity index (χ0v) is 12.0. The Labute approximate surface area is 119 Å². The molecule has 4 aliphatic carbocycles. The van der Waals surface area contributed by atoms with E-state index in [1.165, 1.54) is 0 Å². The minimum absolute atomic E-state index is 0.0169. The van der Waals surface area contributed by atoms with Crippen LogP contribution < -0.4 is 5.32 Å². The number of carbonyl (C=O) groups excluding carboxylic acids is 1. The molecule has 5 heteroatoms. The van der Waals surface area contributed by atoms with Crippen molar-refractivity contribution in [2.75, 3.05) is 20.2 Å². The number of carbonyl (C=O) groups is 1. The number of aliphatic hydroxyl groups excluding tert-OH is 1. The monoisotopic (exact) mass is 280 g/mol. The van der Waals surface area contributed by atoms with Crippen LogP contribution in [0.1, 0.15) is 32.1 Å². The second-order valence-electron chi connectivity index (χ2n) is 7.70. The van der Waals surface area contributed by atoms with Crippen LogP contribution in [0.5, 0.6) is 0 Å². The number of rotatable bonds is 2. The molecule has 0 aromatic carbocycles. The van der Waals surface area contributed by atoms with E-state index in [-0.39, 0.29) is 12.6 Å². The number of hydrogen-bond donors (Lipinski definition) is 3. The van der Waals surface area contributed by atoms with Crippen molar-refractivity contribution in [2.24, 2.45) is 23.7 Å². The third kappa shape index (κ3) is 1.48. The highest BCUT2D eigenvalue weighted by Gasteiger charge is 2.62. The van der Waals surface area contributed by atoms with E-state index < -0.39 is 11.1 Å². The van der Waals surface area contributed by atoms with Crippen molar-refractivity contribution in [3.05, 3.63) is 0 Å². The number of aliphatic hydroxyl groups is 2. The molecule has 3 atom stereocenters. The Kier molecular flexibility index (Phi) is 2.51. The Morgan fingerprint density at radius 3 is 2.40 bits per heavy atom. The van der Waals surface area contributed by atoms with E-state index in [4.69, 9.17) is 0 Å². The van der Waals surface area contributed by atoms with Gasteiger partial charge in [0.05, 0.1) is 17.7 Å². The second kappa shape index (κ2) is 3.89. The fourth-order valence-electron chi connectivity index (χ4n) is 6.14. The fraction of sp³-hybridized carbons (Fsp3) is 0.933. The van der Waals surface area contributed by atoms with Crippen molar-refractivity contribution in [3.63, 3.8) is 0 Å².